The van der Waals surface area contributed by atoms with Crippen LogP contribution >= 0.6 is 22.6 Å². The molecule has 0 aromatic rings. The van der Waals surface area contributed by atoms with Crippen molar-refractivity contribution in [3.8, 4) is 0 Å². The number of unbranched alkanes of at least 4 members (excludes halogenated alkanes) is 4. The summed E-state index contributed by atoms with van der Waals surface area (Å²) in [5, 5.41) is 0. The summed E-state index contributed by atoms with van der Waals surface area (Å²) in [6, 6.07) is 0. The number of alkyl halides is 3. The molecule has 4 heteroatoms. The molecular formula is C14H27F2IO. The maximum atomic E-state index is 14.0. The summed E-state index contributed by atoms with van der Waals surface area (Å²) in [7, 11) is 1.51. The molecule has 0 N–H and O–H groups in total. The quantitative estimate of drug-likeness (QED) is 0.250. The number of ether oxygens (including phenoxy) is 1. The molecule has 0 aliphatic carbocycles. The number of halogens is 3. The SMILES string of the molecule is CCCCCC[C@@H](COC)C(F)(F)CCCCI. The molecule has 0 rings (SSSR count). The van der Waals surface area contributed by atoms with E-state index in [4.69, 9.17) is 4.74 Å². The largest absolute Gasteiger partial charge is 0.384 e. The molecule has 0 radical (unpaired) electrons. The standard InChI is InChI=1S/C14H27F2IO/c1-3-4-5-6-9-13(12-18-2)14(15,16)10-7-8-11-17/h13H,3-12H2,1-2H3/t13-/m0/s1. The minimum absolute atomic E-state index is 0.0117. The second-order valence-electron chi connectivity index (χ2n) is 4.91. The number of hydrogen-bond donors (Lipinski definition) is 0. The average Bonchev–Trinajstić information content (AvgIpc) is 2.33. The Kier molecular flexibility index (Phi) is 11.7. The van der Waals surface area contributed by atoms with Gasteiger partial charge in [0.25, 0.3) is 5.92 Å². The topological polar surface area (TPSA) is 9.23 Å². The highest BCUT2D eigenvalue weighted by Gasteiger charge is 2.38. The van der Waals surface area contributed by atoms with Gasteiger partial charge in [-0.2, -0.15) is 0 Å². The summed E-state index contributed by atoms with van der Waals surface area (Å²) in [4.78, 5) is 0. The molecule has 0 saturated heterocycles. The first-order chi connectivity index (χ1) is 8.58. The van der Waals surface area contributed by atoms with Gasteiger partial charge in [0.2, 0.25) is 0 Å². The maximum Gasteiger partial charge on any atom is 0.253 e. The van der Waals surface area contributed by atoms with Gasteiger partial charge in [-0.3, -0.25) is 0 Å². The Morgan fingerprint density at radius 3 is 2.39 bits per heavy atom. The van der Waals surface area contributed by atoms with Crippen molar-refractivity contribution in [1.82, 2.24) is 0 Å². The predicted octanol–water partition coefficient (Wildman–Crippen LogP) is 5.46. The summed E-state index contributed by atoms with van der Waals surface area (Å²) < 4.78 is 34.0. The van der Waals surface area contributed by atoms with Crippen molar-refractivity contribution in [2.75, 3.05) is 18.1 Å². The molecule has 1 nitrogen and oxygen atoms in total. The molecule has 0 fully saturated rings. The van der Waals surface area contributed by atoms with Gasteiger partial charge >= 0.3 is 0 Å². The van der Waals surface area contributed by atoms with E-state index in [0.29, 0.717) is 12.8 Å². The Hall–Kier alpha value is 0.550. The molecule has 0 bridgehead atoms. The molecule has 0 aliphatic rings. The molecule has 0 aromatic heterocycles. The highest BCUT2D eigenvalue weighted by molar-refractivity contribution is 14.1. The lowest BCUT2D eigenvalue weighted by molar-refractivity contribution is -0.0922. The van der Waals surface area contributed by atoms with E-state index in [2.05, 4.69) is 29.5 Å². The Morgan fingerprint density at radius 1 is 1.11 bits per heavy atom. The Morgan fingerprint density at radius 2 is 1.83 bits per heavy atom. The Bertz CT molecular complexity index is 189. The first-order valence-corrected chi connectivity index (χ1v) is 8.53. The lowest BCUT2D eigenvalue weighted by Crippen LogP contribution is -2.31. The van der Waals surface area contributed by atoms with Crippen LogP contribution in [0.2, 0.25) is 0 Å². The monoisotopic (exact) mass is 376 g/mol. The normalized spacial score (nSPS) is 13.8. The second-order valence-corrected chi connectivity index (χ2v) is 5.99. The molecule has 110 valence electrons. The lowest BCUT2D eigenvalue weighted by Gasteiger charge is -2.26. The van der Waals surface area contributed by atoms with E-state index in [1.165, 1.54) is 7.11 Å². The van der Waals surface area contributed by atoms with Crippen molar-refractivity contribution < 1.29 is 13.5 Å². The number of methoxy groups -OCH3 is 1. The third-order valence-corrected chi connectivity index (χ3v) is 4.03. The van der Waals surface area contributed by atoms with Crippen molar-refractivity contribution in [3.05, 3.63) is 0 Å². The van der Waals surface area contributed by atoms with Crippen LogP contribution in [0, 0.1) is 5.92 Å². The smallest absolute Gasteiger partial charge is 0.253 e. The maximum absolute atomic E-state index is 14.0. The molecule has 1 atom stereocenters. The first kappa shape index (κ1) is 18.6. The third kappa shape index (κ3) is 8.62. The van der Waals surface area contributed by atoms with Crippen LogP contribution in [-0.4, -0.2) is 24.1 Å². The van der Waals surface area contributed by atoms with E-state index in [1.54, 1.807) is 0 Å². The summed E-state index contributed by atoms with van der Waals surface area (Å²) >= 11 is 2.24. The molecule has 0 spiro atoms. The minimum Gasteiger partial charge on any atom is -0.384 e. The van der Waals surface area contributed by atoms with E-state index in [0.717, 1.165) is 36.5 Å². The Balaban J connectivity index is 4.09. The highest BCUT2D eigenvalue weighted by Crippen LogP contribution is 2.34. The van der Waals surface area contributed by atoms with Crippen molar-refractivity contribution in [2.45, 2.75) is 64.2 Å². The van der Waals surface area contributed by atoms with Crippen molar-refractivity contribution in [2.24, 2.45) is 5.92 Å². The zero-order valence-corrected chi connectivity index (χ0v) is 13.8. The van der Waals surface area contributed by atoms with Gasteiger partial charge in [-0.1, -0.05) is 55.2 Å². The summed E-state index contributed by atoms with van der Waals surface area (Å²) in [6.07, 6.45) is 6.32. The van der Waals surface area contributed by atoms with Crippen LogP contribution in [0.4, 0.5) is 8.78 Å². The molecule has 0 saturated carbocycles. The summed E-state index contributed by atoms with van der Waals surface area (Å²) in [5.74, 6) is -3.16. The van der Waals surface area contributed by atoms with Gasteiger partial charge in [-0.05, 0) is 23.7 Å². The van der Waals surface area contributed by atoms with Gasteiger partial charge in [-0.25, -0.2) is 8.78 Å². The minimum atomic E-state index is -2.56. The van der Waals surface area contributed by atoms with E-state index in [9.17, 15) is 8.78 Å². The molecular weight excluding hydrogens is 349 g/mol. The van der Waals surface area contributed by atoms with Crippen LogP contribution in [0.25, 0.3) is 0 Å². The zero-order valence-electron chi connectivity index (χ0n) is 11.7. The fourth-order valence-corrected chi connectivity index (χ4v) is 2.63. The number of hydrogen-bond acceptors (Lipinski definition) is 1. The van der Waals surface area contributed by atoms with Gasteiger partial charge in [-0.15, -0.1) is 0 Å². The van der Waals surface area contributed by atoms with Crippen molar-refractivity contribution >= 4 is 22.6 Å². The van der Waals surface area contributed by atoms with E-state index in [1.807, 2.05) is 0 Å². The van der Waals surface area contributed by atoms with Gasteiger partial charge in [0.15, 0.2) is 0 Å². The van der Waals surface area contributed by atoms with Crippen LogP contribution in [0.1, 0.15) is 58.3 Å². The molecule has 18 heavy (non-hydrogen) atoms. The van der Waals surface area contributed by atoms with Gasteiger partial charge in [0.1, 0.15) is 0 Å². The molecule has 0 unspecified atom stereocenters. The van der Waals surface area contributed by atoms with E-state index >= 15 is 0 Å². The highest BCUT2D eigenvalue weighted by atomic mass is 127. The number of rotatable bonds is 12. The molecule has 0 aliphatic heterocycles. The third-order valence-electron chi connectivity index (χ3n) is 3.26. The predicted molar refractivity (Wildman–Crippen MR) is 81.8 cm³/mol. The van der Waals surface area contributed by atoms with E-state index < -0.39 is 11.8 Å². The summed E-state index contributed by atoms with van der Waals surface area (Å²) in [6.45, 7) is 2.31. The molecule has 0 amide bonds. The van der Waals surface area contributed by atoms with Crippen LogP contribution in [0.3, 0.4) is 0 Å². The molecule has 0 aromatic carbocycles. The Labute approximate surface area is 124 Å². The van der Waals surface area contributed by atoms with Gasteiger partial charge in [0, 0.05) is 19.4 Å². The van der Waals surface area contributed by atoms with Crippen LogP contribution in [0.5, 0.6) is 0 Å². The van der Waals surface area contributed by atoms with Crippen LogP contribution in [0.15, 0.2) is 0 Å². The van der Waals surface area contributed by atoms with Crippen molar-refractivity contribution in [3.63, 3.8) is 0 Å². The van der Waals surface area contributed by atoms with Gasteiger partial charge < -0.3 is 4.74 Å². The fraction of sp³-hybridized carbons (Fsp3) is 1.00. The average molecular weight is 376 g/mol. The zero-order chi connectivity index (χ0) is 13.9. The molecule has 0 heterocycles. The summed E-state index contributed by atoms with van der Waals surface area (Å²) in [5.41, 5.74) is 0. The lowest BCUT2D eigenvalue weighted by atomic mass is 9.91. The first-order valence-electron chi connectivity index (χ1n) is 7.01. The van der Waals surface area contributed by atoms with E-state index in [-0.39, 0.29) is 13.0 Å². The van der Waals surface area contributed by atoms with Crippen LogP contribution < -0.4 is 0 Å². The van der Waals surface area contributed by atoms with Crippen LogP contribution in [-0.2, 0) is 4.74 Å². The van der Waals surface area contributed by atoms with Crippen molar-refractivity contribution in [1.29, 1.82) is 0 Å². The van der Waals surface area contributed by atoms with Gasteiger partial charge in [0.05, 0.1) is 6.61 Å². The second kappa shape index (κ2) is 11.4. The fourth-order valence-electron chi connectivity index (χ4n) is 2.09.